The summed E-state index contributed by atoms with van der Waals surface area (Å²) < 4.78 is 22.3. The summed E-state index contributed by atoms with van der Waals surface area (Å²) in [6, 6.07) is 14.4. The van der Waals surface area contributed by atoms with Crippen molar-refractivity contribution in [3.05, 3.63) is 99.1 Å². The molecular formula is C30H29ClFN5O4. The minimum absolute atomic E-state index is 0.0125. The number of carbonyl (C=O) groups is 2. The van der Waals surface area contributed by atoms with Crippen molar-refractivity contribution >= 4 is 23.5 Å². The van der Waals surface area contributed by atoms with Gasteiger partial charge in [-0.25, -0.2) is 9.18 Å². The Kier molecular flexibility index (Phi) is 7.24. The lowest BCUT2D eigenvalue weighted by atomic mass is 9.77. The zero-order chi connectivity index (χ0) is 29.7. The van der Waals surface area contributed by atoms with Gasteiger partial charge in [-0.2, -0.15) is 5.26 Å². The molecule has 2 aliphatic heterocycles. The molecule has 1 aromatic heterocycles. The number of carbonyl (C=O) groups excluding carboxylic acids is 2. The number of fused-ring (bicyclic) bond motifs is 1. The number of halogens is 2. The molecule has 3 heterocycles. The van der Waals surface area contributed by atoms with Crippen LogP contribution in [0.25, 0.3) is 0 Å². The monoisotopic (exact) mass is 577 g/mol. The van der Waals surface area contributed by atoms with Gasteiger partial charge in [-0.05, 0) is 48.9 Å². The van der Waals surface area contributed by atoms with Crippen LogP contribution in [0.2, 0.25) is 5.02 Å². The number of rotatable bonds is 6. The third kappa shape index (κ3) is 4.60. The van der Waals surface area contributed by atoms with Gasteiger partial charge in [0.2, 0.25) is 0 Å². The molecule has 0 saturated carbocycles. The molecule has 2 aliphatic rings. The Morgan fingerprint density at radius 1 is 1.27 bits per heavy atom. The molecule has 212 valence electrons. The first-order chi connectivity index (χ1) is 19.4. The topological polar surface area (TPSA) is 110 Å². The molecule has 2 aromatic carbocycles. The van der Waals surface area contributed by atoms with Crippen molar-refractivity contribution in [2.45, 2.75) is 24.8 Å². The van der Waals surface area contributed by atoms with Gasteiger partial charge >= 0.3 is 6.03 Å². The molecule has 41 heavy (non-hydrogen) atoms. The number of amides is 3. The van der Waals surface area contributed by atoms with Gasteiger partial charge in [0.15, 0.2) is 5.72 Å². The average molecular weight is 578 g/mol. The molecule has 11 heteroatoms. The Morgan fingerprint density at radius 2 is 1.95 bits per heavy atom. The maximum Gasteiger partial charge on any atom is 0.319 e. The van der Waals surface area contributed by atoms with Crippen molar-refractivity contribution in [3.63, 3.8) is 0 Å². The molecule has 1 N–H and O–H groups in total. The van der Waals surface area contributed by atoms with Crippen molar-refractivity contribution in [1.82, 2.24) is 19.7 Å². The Balaban J connectivity index is 1.59. The van der Waals surface area contributed by atoms with Crippen LogP contribution >= 0.6 is 11.6 Å². The number of aromatic nitrogens is 1. The highest BCUT2D eigenvalue weighted by molar-refractivity contribution is 6.30. The SMILES string of the molecule is CO[C@]1(c2ccc(Cl)cc2)c2c(F)cc(C(C)(O)C3CN(C(=O)N(C)C)C3)cc2C(=O)N1Cc1ccc(C#N)cn1. The Labute approximate surface area is 242 Å². The predicted molar refractivity (Wildman–Crippen MR) is 148 cm³/mol. The summed E-state index contributed by atoms with van der Waals surface area (Å²) in [6.07, 6.45) is 1.40. The molecule has 0 spiro atoms. The summed E-state index contributed by atoms with van der Waals surface area (Å²) in [6.45, 7) is 2.10. The lowest BCUT2D eigenvalue weighted by Gasteiger charge is -2.47. The molecule has 0 bridgehead atoms. The number of aliphatic hydroxyl groups is 1. The summed E-state index contributed by atoms with van der Waals surface area (Å²) in [7, 11) is 4.69. The summed E-state index contributed by atoms with van der Waals surface area (Å²) >= 11 is 6.14. The van der Waals surface area contributed by atoms with Crippen LogP contribution in [0.1, 0.15) is 45.2 Å². The standard InChI is InChI=1S/C30H29ClFN5O4/c1-29(40,21-15-36(16-21)28(39)35(2)3)20-11-24-26(25(32)12-20)30(41-4,19-6-8-22(31)9-7-19)37(27(24)38)17-23-10-5-18(13-33)14-34-23/h5-12,14,21,40H,15-17H2,1-4H3/t29?,30-/m1/s1. The third-order valence-corrected chi connectivity index (χ3v) is 8.26. The van der Waals surface area contributed by atoms with Gasteiger partial charge in [-0.3, -0.25) is 14.7 Å². The van der Waals surface area contributed by atoms with E-state index >= 15 is 4.39 Å². The molecule has 0 radical (unpaired) electrons. The number of benzene rings is 2. The number of pyridine rings is 1. The number of ether oxygens (including phenoxy) is 1. The zero-order valence-corrected chi connectivity index (χ0v) is 23.8. The summed E-state index contributed by atoms with van der Waals surface area (Å²) in [5, 5.41) is 21.1. The van der Waals surface area contributed by atoms with Gasteiger partial charge in [-0.1, -0.05) is 23.7 Å². The van der Waals surface area contributed by atoms with Crippen LogP contribution in [0.5, 0.6) is 0 Å². The van der Waals surface area contributed by atoms with Crippen LogP contribution in [0.3, 0.4) is 0 Å². The van der Waals surface area contributed by atoms with Crippen LogP contribution in [-0.2, 0) is 22.6 Å². The maximum absolute atomic E-state index is 16.3. The van der Waals surface area contributed by atoms with E-state index in [1.165, 1.54) is 35.2 Å². The zero-order valence-electron chi connectivity index (χ0n) is 23.1. The third-order valence-electron chi connectivity index (χ3n) is 8.00. The minimum atomic E-state index is -1.66. The second-order valence-corrected chi connectivity index (χ2v) is 11.1. The fraction of sp³-hybridized carbons (Fsp3) is 0.333. The van der Waals surface area contributed by atoms with Gasteiger partial charge in [-0.15, -0.1) is 0 Å². The quantitative estimate of drug-likeness (QED) is 0.473. The molecule has 3 amide bonds. The number of hydrogen-bond acceptors (Lipinski definition) is 6. The largest absolute Gasteiger partial charge is 0.385 e. The predicted octanol–water partition coefficient (Wildman–Crippen LogP) is 4.07. The molecule has 1 fully saturated rings. The molecule has 9 nitrogen and oxygen atoms in total. The minimum Gasteiger partial charge on any atom is -0.385 e. The second-order valence-electron chi connectivity index (χ2n) is 10.7. The fourth-order valence-corrected chi connectivity index (χ4v) is 5.71. The van der Waals surface area contributed by atoms with Crippen LogP contribution in [0, 0.1) is 23.1 Å². The molecule has 0 aliphatic carbocycles. The van der Waals surface area contributed by atoms with Crippen molar-refractivity contribution < 1.29 is 23.8 Å². The van der Waals surface area contributed by atoms with Gasteiger partial charge in [0, 0.05) is 57.0 Å². The molecule has 1 unspecified atom stereocenters. The Bertz CT molecular complexity index is 1550. The highest BCUT2D eigenvalue weighted by Gasteiger charge is 2.55. The van der Waals surface area contributed by atoms with E-state index in [-0.39, 0.29) is 35.2 Å². The number of hydrogen-bond donors (Lipinski definition) is 1. The van der Waals surface area contributed by atoms with E-state index < -0.39 is 23.1 Å². The first-order valence-electron chi connectivity index (χ1n) is 12.9. The first-order valence-corrected chi connectivity index (χ1v) is 13.3. The van der Waals surface area contributed by atoms with Crippen molar-refractivity contribution in [1.29, 1.82) is 5.26 Å². The highest BCUT2D eigenvalue weighted by Crippen LogP contribution is 2.49. The molecular weight excluding hydrogens is 549 g/mol. The van der Waals surface area contributed by atoms with E-state index in [9.17, 15) is 14.7 Å². The summed E-state index contributed by atoms with van der Waals surface area (Å²) in [5.41, 5.74) is -1.59. The number of methoxy groups -OCH3 is 1. The van der Waals surface area contributed by atoms with Crippen molar-refractivity contribution in [2.75, 3.05) is 34.3 Å². The number of nitriles is 1. The van der Waals surface area contributed by atoms with Gasteiger partial charge in [0.1, 0.15) is 11.9 Å². The number of urea groups is 1. The summed E-state index contributed by atoms with van der Waals surface area (Å²) in [5.74, 6) is -1.60. The molecule has 1 saturated heterocycles. The molecule has 5 rings (SSSR count). The normalized spacial score (nSPS) is 19.8. The van der Waals surface area contributed by atoms with Gasteiger partial charge in [0.05, 0.1) is 34.5 Å². The summed E-state index contributed by atoms with van der Waals surface area (Å²) in [4.78, 5) is 35.1. The van der Waals surface area contributed by atoms with Crippen LogP contribution in [-0.4, -0.2) is 71.0 Å². The van der Waals surface area contributed by atoms with E-state index in [1.54, 1.807) is 62.3 Å². The van der Waals surface area contributed by atoms with E-state index in [0.717, 1.165) is 0 Å². The number of likely N-dealkylation sites (tertiary alicyclic amines) is 1. The fourth-order valence-electron chi connectivity index (χ4n) is 5.58. The van der Waals surface area contributed by atoms with Crippen molar-refractivity contribution in [2.24, 2.45) is 5.92 Å². The molecule has 2 atom stereocenters. The number of nitrogens with zero attached hydrogens (tertiary/aromatic N) is 5. The Morgan fingerprint density at radius 3 is 2.51 bits per heavy atom. The lowest BCUT2D eigenvalue weighted by molar-refractivity contribution is -0.0887. The Hall–Kier alpha value is -4.04. The van der Waals surface area contributed by atoms with E-state index in [0.29, 0.717) is 34.9 Å². The smallest absolute Gasteiger partial charge is 0.319 e. The van der Waals surface area contributed by atoms with Gasteiger partial charge < -0.3 is 19.6 Å². The van der Waals surface area contributed by atoms with Crippen LogP contribution in [0.15, 0.2) is 54.7 Å². The van der Waals surface area contributed by atoms with Crippen LogP contribution < -0.4 is 0 Å². The average Bonchev–Trinajstić information content (AvgIpc) is 3.16. The van der Waals surface area contributed by atoms with Crippen LogP contribution in [0.4, 0.5) is 9.18 Å². The van der Waals surface area contributed by atoms with E-state index in [4.69, 9.17) is 21.6 Å². The maximum atomic E-state index is 16.3. The first kappa shape index (κ1) is 28.5. The second kappa shape index (κ2) is 10.4. The highest BCUT2D eigenvalue weighted by atomic mass is 35.5. The molecule has 3 aromatic rings. The van der Waals surface area contributed by atoms with E-state index in [2.05, 4.69) is 4.98 Å². The van der Waals surface area contributed by atoms with Gasteiger partial charge in [0.25, 0.3) is 5.91 Å². The van der Waals surface area contributed by atoms with Crippen molar-refractivity contribution in [3.8, 4) is 6.07 Å². The lowest BCUT2D eigenvalue weighted by Crippen LogP contribution is -2.59. The van der Waals surface area contributed by atoms with E-state index in [1.807, 2.05) is 6.07 Å².